The summed E-state index contributed by atoms with van der Waals surface area (Å²) >= 11 is 5.84. The highest BCUT2D eigenvalue weighted by molar-refractivity contribution is 14.1. The van der Waals surface area contributed by atoms with E-state index < -0.39 is 5.63 Å². The maximum atomic E-state index is 12.5. The number of phenols is 2. The number of anilines is 3. The van der Waals surface area contributed by atoms with Crippen LogP contribution in [0, 0.1) is 17.4 Å². The third kappa shape index (κ3) is 11.8. The van der Waals surface area contributed by atoms with E-state index in [-0.39, 0.29) is 30.3 Å². The van der Waals surface area contributed by atoms with Crippen molar-refractivity contribution in [3.05, 3.63) is 202 Å². The van der Waals surface area contributed by atoms with E-state index in [0.717, 1.165) is 59.2 Å². The molecule has 1 aliphatic carbocycles. The molecule has 10 rings (SSSR count). The number of aromatic nitrogens is 2. The van der Waals surface area contributed by atoms with Crippen molar-refractivity contribution in [3.63, 3.8) is 0 Å². The number of carbonyl (C=O) groups is 1. The topological polar surface area (TPSA) is 130 Å². The molecule has 0 saturated heterocycles. The van der Waals surface area contributed by atoms with Crippen molar-refractivity contribution < 1.29 is 24.2 Å². The van der Waals surface area contributed by atoms with Crippen LogP contribution in [0.2, 0.25) is 0 Å². The quantitative estimate of drug-likeness (QED) is 0.0560. The van der Waals surface area contributed by atoms with Gasteiger partial charge in [0.25, 0.3) is 0 Å². The molecular formula is C58H54BrIN4O6. The van der Waals surface area contributed by atoms with Gasteiger partial charge in [-0.1, -0.05) is 78.0 Å². The number of hydrogen-bond donors (Lipinski definition) is 3. The molecule has 1 aliphatic rings. The van der Waals surface area contributed by atoms with Gasteiger partial charge in [-0.15, -0.1) is 0 Å². The second kappa shape index (κ2) is 22.1. The van der Waals surface area contributed by atoms with E-state index in [1.165, 1.54) is 34.9 Å². The van der Waals surface area contributed by atoms with Crippen molar-refractivity contribution in [3.8, 4) is 28.4 Å². The van der Waals surface area contributed by atoms with Gasteiger partial charge in [0.15, 0.2) is 5.78 Å². The minimum Gasteiger partial charge on any atom is -0.508 e. The van der Waals surface area contributed by atoms with Gasteiger partial charge >= 0.3 is 5.63 Å². The molecule has 2 aromatic heterocycles. The molecule has 3 N–H and O–H groups in total. The van der Waals surface area contributed by atoms with E-state index in [1.54, 1.807) is 38.3 Å². The fraction of sp³-hybridized carbons (Fsp3) is 0.155. The normalized spacial score (nSPS) is 11.2. The molecule has 0 spiro atoms. The standard InChI is InChI=1S/C27H22IN3O4.C15H14BrN.C15H14O2.CH4/c1-15-21-12-22-23(13-24(21)35-26(33)25(15)16(2)32)31(14-17-5-4-6-18(28)11-17)27(30-22)29-19-7-9-20(34-3)10-8-19;1-17(2)13-4-6-15-11(9-13)7-10-8-12(16)3-5-14(10)15;1-11-8-13(10-15(17)9-11)3-2-12-4-6-14(16)7-5-12;/h4-13H,14H2,1-3H3,(H,29,30);3-6,8-9H,7H2,1-2H3;2-10,16-17H,1H3;1H4/b;;3-2+;. The van der Waals surface area contributed by atoms with Gasteiger partial charge in [0.05, 0.1) is 24.7 Å². The molecule has 0 unspecified atom stereocenters. The lowest BCUT2D eigenvalue weighted by molar-refractivity contribution is 0.101. The second-order valence-electron chi connectivity index (χ2n) is 17.0. The zero-order chi connectivity index (χ0) is 48.9. The van der Waals surface area contributed by atoms with Gasteiger partial charge < -0.3 is 34.2 Å². The van der Waals surface area contributed by atoms with E-state index in [2.05, 4.69) is 116 Å². The van der Waals surface area contributed by atoms with E-state index >= 15 is 0 Å². The van der Waals surface area contributed by atoms with Gasteiger partial charge in [-0.3, -0.25) is 4.79 Å². The van der Waals surface area contributed by atoms with E-state index in [0.29, 0.717) is 29.0 Å². The number of nitrogens with zero attached hydrogens (tertiary/aromatic N) is 3. The predicted octanol–water partition coefficient (Wildman–Crippen LogP) is 14.4. The molecule has 0 bridgehead atoms. The summed E-state index contributed by atoms with van der Waals surface area (Å²) < 4.78 is 15.2. The monoisotopic (exact) mass is 1110 g/mol. The Morgan fingerprint density at radius 3 is 2.21 bits per heavy atom. The van der Waals surface area contributed by atoms with Crippen LogP contribution in [-0.4, -0.2) is 46.8 Å². The molecule has 0 saturated carbocycles. The Morgan fingerprint density at radius 2 is 1.54 bits per heavy atom. The molecule has 0 aliphatic heterocycles. The number of carbonyl (C=O) groups excluding carboxylic acids is 1. The Morgan fingerprint density at radius 1 is 0.843 bits per heavy atom. The number of imidazole rings is 1. The first-order chi connectivity index (χ1) is 33.1. The lowest BCUT2D eigenvalue weighted by Crippen LogP contribution is -2.14. The number of ketones is 1. The van der Waals surface area contributed by atoms with Crippen molar-refractivity contribution in [2.45, 2.75) is 41.2 Å². The first-order valence-corrected chi connectivity index (χ1v) is 24.0. The summed E-state index contributed by atoms with van der Waals surface area (Å²) in [7, 11) is 5.80. The van der Waals surface area contributed by atoms with Crippen molar-refractivity contribution >= 4 is 95.8 Å². The Hall–Kier alpha value is -7.16. The van der Waals surface area contributed by atoms with Crippen molar-refractivity contribution in [2.75, 3.05) is 31.4 Å². The Kier molecular flexibility index (Phi) is 16.0. The number of aryl methyl sites for hydroxylation is 2. The third-order valence-electron chi connectivity index (χ3n) is 11.8. The number of nitrogens with one attached hydrogen (secondary N) is 1. The largest absolute Gasteiger partial charge is 0.508 e. The van der Waals surface area contributed by atoms with Gasteiger partial charge in [-0.2, -0.15) is 0 Å². The molecule has 70 heavy (non-hydrogen) atoms. The number of ether oxygens (including phenoxy) is 1. The van der Waals surface area contributed by atoms with Crippen molar-refractivity contribution in [1.82, 2.24) is 9.55 Å². The number of rotatable bonds is 9. The first kappa shape index (κ1) is 50.7. The molecule has 12 heteroatoms. The summed E-state index contributed by atoms with van der Waals surface area (Å²) in [6.07, 6.45) is 4.92. The van der Waals surface area contributed by atoms with Crippen molar-refractivity contribution in [2.24, 2.45) is 0 Å². The summed E-state index contributed by atoms with van der Waals surface area (Å²) in [4.78, 5) is 31.6. The number of aromatic hydroxyl groups is 2. The summed E-state index contributed by atoms with van der Waals surface area (Å²) in [5.41, 5.74) is 13.9. The van der Waals surface area contributed by atoms with E-state index in [4.69, 9.17) is 19.2 Å². The average molecular weight is 1110 g/mol. The SMILES string of the molecule is C.CN(C)c1ccc2c(c1)Cc1cc(Br)ccc1-2.COc1ccc(Nc2nc3cc4c(C)c(C(C)=O)c(=O)oc4cc3n2Cc2cccc(I)c2)cc1.Cc1cc(O)cc(/C=C/c2ccc(O)cc2)c1. The number of Topliss-reactive ketones (excluding diaryl/α,β-unsaturated/α-hetero) is 1. The number of phenolic OH excluding ortho intramolecular Hbond substituents is 2. The fourth-order valence-corrected chi connectivity index (χ4v) is 9.38. The van der Waals surface area contributed by atoms with Crippen LogP contribution in [0.4, 0.5) is 17.3 Å². The Labute approximate surface area is 430 Å². The highest BCUT2D eigenvalue weighted by Crippen LogP contribution is 2.39. The highest BCUT2D eigenvalue weighted by Gasteiger charge is 2.21. The van der Waals surface area contributed by atoms with Crippen LogP contribution in [0.5, 0.6) is 17.2 Å². The first-order valence-electron chi connectivity index (χ1n) is 22.1. The number of hydrogen-bond acceptors (Lipinski definition) is 9. The lowest BCUT2D eigenvalue weighted by atomic mass is 10.0. The average Bonchev–Trinajstić information content (AvgIpc) is 3.84. The van der Waals surface area contributed by atoms with Gasteiger partial charge in [0.2, 0.25) is 5.95 Å². The smallest absolute Gasteiger partial charge is 0.347 e. The number of methoxy groups -OCH3 is 1. The summed E-state index contributed by atoms with van der Waals surface area (Å²) in [6.45, 7) is 5.64. The third-order valence-corrected chi connectivity index (χ3v) is 12.9. The Bertz CT molecular complexity index is 3430. The number of benzene rings is 7. The van der Waals surface area contributed by atoms with E-state index in [1.807, 2.05) is 85.8 Å². The summed E-state index contributed by atoms with van der Waals surface area (Å²) in [5, 5.41) is 22.7. The van der Waals surface area contributed by atoms with Gasteiger partial charge in [0, 0.05) is 45.0 Å². The van der Waals surface area contributed by atoms with Gasteiger partial charge in [-0.25, -0.2) is 9.78 Å². The number of halogens is 2. The molecule has 0 amide bonds. The zero-order valence-corrected chi connectivity index (χ0v) is 42.7. The molecule has 7 aromatic carbocycles. The minimum atomic E-state index is -0.623. The molecule has 2 heterocycles. The Balaban J connectivity index is 0.000000172. The number of fused-ring (bicyclic) bond motifs is 5. The van der Waals surface area contributed by atoms with Crippen LogP contribution in [0.3, 0.4) is 0 Å². The van der Waals surface area contributed by atoms with E-state index in [9.17, 15) is 14.7 Å². The molecule has 0 atom stereocenters. The van der Waals surface area contributed by atoms with Crippen LogP contribution in [0.1, 0.15) is 63.7 Å². The minimum absolute atomic E-state index is 0. The molecular weight excluding hydrogens is 1060 g/mol. The maximum Gasteiger partial charge on any atom is 0.347 e. The van der Waals surface area contributed by atoms with Crippen LogP contribution < -0.4 is 20.6 Å². The van der Waals surface area contributed by atoms with Crippen LogP contribution >= 0.6 is 38.5 Å². The second-order valence-corrected chi connectivity index (χ2v) is 19.2. The molecule has 0 radical (unpaired) electrons. The molecule has 356 valence electrons. The summed E-state index contributed by atoms with van der Waals surface area (Å²) in [5.74, 6) is 1.63. The molecule has 10 nitrogen and oxygen atoms in total. The summed E-state index contributed by atoms with van der Waals surface area (Å²) in [6, 6.07) is 45.2. The van der Waals surface area contributed by atoms with Crippen LogP contribution in [-0.2, 0) is 13.0 Å². The molecule has 9 aromatic rings. The van der Waals surface area contributed by atoms with Gasteiger partial charge in [-0.05, 0) is 191 Å². The van der Waals surface area contributed by atoms with Crippen LogP contribution in [0.25, 0.3) is 45.3 Å². The molecule has 0 fully saturated rings. The van der Waals surface area contributed by atoms with Crippen LogP contribution in [0.15, 0.2) is 153 Å². The lowest BCUT2D eigenvalue weighted by Gasteiger charge is -2.13. The van der Waals surface area contributed by atoms with Crippen molar-refractivity contribution in [1.29, 1.82) is 0 Å². The zero-order valence-electron chi connectivity index (χ0n) is 39.0. The van der Waals surface area contributed by atoms with Gasteiger partial charge in [0.1, 0.15) is 28.4 Å². The highest BCUT2D eigenvalue weighted by atomic mass is 127. The fourth-order valence-electron chi connectivity index (χ4n) is 8.36. The predicted molar refractivity (Wildman–Crippen MR) is 298 cm³/mol. The maximum absolute atomic E-state index is 12.5.